The molecule has 0 aliphatic carbocycles. The first-order valence-corrected chi connectivity index (χ1v) is 6.47. The van der Waals surface area contributed by atoms with Crippen LogP contribution < -0.4 is 0 Å². The summed E-state index contributed by atoms with van der Waals surface area (Å²) in [4.78, 5) is 0. The van der Waals surface area contributed by atoms with Crippen molar-refractivity contribution in [2.45, 2.75) is 32.0 Å². The van der Waals surface area contributed by atoms with Crippen molar-refractivity contribution in [3.63, 3.8) is 0 Å². The fourth-order valence-corrected chi connectivity index (χ4v) is 3.05. The normalized spacial score (nSPS) is 15.7. The minimum atomic E-state index is -3.02. The maximum absolute atomic E-state index is 13.1. The van der Waals surface area contributed by atoms with Crippen molar-refractivity contribution in [3.8, 4) is 0 Å². The van der Waals surface area contributed by atoms with Gasteiger partial charge in [-0.15, -0.1) is 6.58 Å². The Morgan fingerprint density at radius 3 is 1.93 bits per heavy atom. The minimum Gasteiger partial charge on any atom is -0.396 e. The zero-order valence-corrected chi connectivity index (χ0v) is 10.1. The molecule has 0 aromatic heterocycles. The summed E-state index contributed by atoms with van der Waals surface area (Å²) in [5.74, 6) is 0. The molecule has 6 heteroatoms. The fraction of sp³-hybridized carbons (Fsp3) is 0.778. The molecule has 90 valence electrons. The Morgan fingerprint density at radius 1 is 1.20 bits per heavy atom. The average Bonchev–Trinajstić information content (AvgIpc) is 2.19. The summed E-state index contributed by atoms with van der Waals surface area (Å²) in [5, 5.41) is 0. The van der Waals surface area contributed by atoms with Gasteiger partial charge in [0.2, 0.25) is 0 Å². The van der Waals surface area contributed by atoms with E-state index in [9.17, 15) is 13.2 Å². The molecular weight excluding hydrogens is 225 g/mol. The first-order valence-electron chi connectivity index (χ1n) is 4.86. The van der Waals surface area contributed by atoms with E-state index < -0.39 is 27.4 Å². The molecule has 0 amide bonds. The zero-order chi connectivity index (χ0) is 11.8. The summed E-state index contributed by atoms with van der Waals surface area (Å²) in [7, 11) is -2.44. The van der Waals surface area contributed by atoms with Crippen molar-refractivity contribution in [1.29, 1.82) is 0 Å². The Balaban J connectivity index is 4.49. The highest BCUT2D eigenvalue weighted by Gasteiger charge is 2.36. The van der Waals surface area contributed by atoms with E-state index >= 15 is 0 Å². The third kappa shape index (κ3) is 4.81. The van der Waals surface area contributed by atoms with E-state index in [0.717, 1.165) is 0 Å². The molecule has 2 atom stereocenters. The van der Waals surface area contributed by atoms with Gasteiger partial charge < -0.3 is 8.85 Å². The van der Waals surface area contributed by atoms with Gasteiger partial charge in [-0.1, -0.05) is 6.08 Å². The number of rotatable bonds is 8. The Hall–Kier alpha value is -0.333. The lowest BCUT2D eigenvalue weighted by atomic mass is 10.3. The highest BCUT2D eigenvalue weighted by atomic mass is 28.3. The number of allylic oxidation sites excluding steroid dienone is 1. The van der Waals surface area contributed by atoms with Gasteiger partial charge in [0, 0.05) is 13.2 Å². The maximum Gasteiger partial charge on any atom is 0.331 e. The summed E-state index contributed by atoms with van der Waals surface area (Å²) in [6.07, 6.45) is -4.11. The van der Waals surface area contributed by atoms with Gasteiger partial charge in [-0.25, -0.2) is 13.2 Å². The molecule has 0 saturated heterocycles. The van der Waals surface area contributed by atoms with Crippen LogP contribution in [-0.2, 0) is 8.85 Å². The molecule has 2 nitrogen and oxygen atoms in total. The summed E-state index contributed by atoms with van der Waals surface area (Å²) in [5.41, 5.74) is -1.01. The standard InChI is InChI=1S/C9H17F3O2Si/c1-4-7(8(10)9(11)12)15(13-5-2)14-6-3/h4,7-9,15H,1,5-6H2,2-3H3. The van der Waals surface area contributed by atoms with Crippen molar-refractivity contribution < 1.29 is 22.0 Å². The molecule has 15 heavy (non-hydrogen) atoms. The first kappa shape index (κ1) is 14.7. The van der Waals surface area contributed by atoms with Crippen molar-refractivity contribution in [2.24, 2.45) is 0 Å². The fourth-order valence-electron chi connectivity index (χ4n) is 1.16. The van der Waals surface area contributed by atoms with Gasteiger partial charge in [-0.2, -0.15) is 0 Å². The number of hydrogen-bond acceptors (Lipinski definition) is 2. The third-order valence-electron chi connectivity index (χ3n) is 1.86. The summed E-state index contributed by atoms with van der Waals surface area (Å²) >= 11 is 0. The highest BCUT2D eigenvalue weighted by Crippen LogP contribution is 2.26. The molecule has 0 N–H and O–H groups in total. The van der Waals surface area contributed by atoms with Gasteiger partial charge in [0.1, 0.15) is 0 Å². The Labute approximate surface area is 89.9 Å². The lowest BCUT2D eigenvalue weighted by molar-refractivity contribution is 0.0435. The van der Waals surface area contributed by atoms with Gasteiger partial charge in [0.05, 0.1) is 5.54 Å². The second-order valence-corrected chi connectivity index (χ2v) is 5.04. The molecule has 2 unspecified atom stereocenters. The van der Waals surface area contributed by atoms with Gasteiger partial charge in [-0.3, -0.25) is 0 Å². The summed E-state index contributed by atoms with van der Waals surface area (Å²) in [6.45, 7) is 7.45. The molecule has 0 radical (unpaired) electrons. The first-order chi connectivity index (χ1) is 7.08. The summed E-state index contributed by atoms with van der Waals surface area (Å²) in [6, 6.07) is 0. The van der Waals surface area contributed by atoms with Crippen LogP contribution in [0.3, 0.4) is 0 Å². The van der Waals surface area contributed by atoms with Gasteiger partial charge in [0.15, 0.2) is 6.17 Å². The number of alkyl halides is 3. The second kappa shape index (κ2) is 7.89. The van der Waals surface area contributed by atoms with Crippen LogP contribution in [0.25, 0.3) is 0 Å². The Morgan fingerprint density at radius 2 is 1.67 bits per heavy atom. The Kier molecular flexibility index (Phi) is 7.72. The molecule has 0 aliphatic rings. The molecule has 0 heterocycles. The van der Waals surface area contributed by atoms with E-state index in [1.165, 1.54) is 6.08 Å². The number of halogens is 3. The van der Waals surface area contributed by atoms with E-state index in [1.54, 1.807) is 13.8 Å². The molecule has 0 fully saturated rings. The van der Waals surface area contributed by atoms with Crippen LogP contribution in [0.5, 0.6) is 0 Å². The van der Waals surface area contributed by atoms with Gasteiger partial charge in [0.25, 0.3) is 6.43 Å². The largest absolute Gasteiger partial charge is 0.396 e. The number of hydrogen-bond donors (Lipinski definition) is 0. The smallest absolute Gasteiger partial charge is 0.331 e. The van der Waals surface area contributed by atoms with Crippen molar-refractivity contribution in [3.05, 3.63) is 12.7 Å². The van der Waals surface area contributed by atoms with E-state index in [0.29, 0.717) is 13.2 Å². The van der Waals surface area contributed by atoms with Crippen molar-refractivity contribution in [1.82, 2.24) is 0 Å². The van der Waals surface area contributed by atoms with Crippen LogP contribution in [-0.4, -0.2) is 35.1 Å². The van der Waals surface area contributed by atoms with E-state index in [1.807, 2.05) is 0 Å². The summed E-state index contributed by atoms with van der Waals surface area (Å²) < 4.78 is 47.9. The quantitative estimate of drug-likeness (QED) is 0.481. The molecule has 0 saturated carbocycles. The van der Waals surface area contributed by atoms with Crippen LogP contribution in [0.15, 0.2) is 12.7 Å². The molecular formula is C9H17F3O2Si. The van der Waals surface area contributed by atoms with Gasteiger partial charge >= 0.3 is 9.28 Å². The Bertz CT molecular complexity index is 175. The SMILES string of the molecule is C=CC(C(F)C(F)F)[SiH](OCC)OCC. The molecule has 0 aromatic rings. The molecule has 0 bridgehead atoms. The molecule has 0 spiro atoms. The van der Waals surface area contributed by atoms with Gasteiger partial charge in [-0.05, 0) is 13.8 Å². The van der Waals surface area contributed by atoms with Crippen LogP contribution in [0.2, 0.25) is 5.54 Å². The lowest BCUT2D eigenvalue weighted by Crippen LogP contribution is -2.36. The highest BCUT2D eigenvalue weighted by molar-refractivity contribution is 6.47. The van der Waals surface area contributed by atoms with Crippen LogP contribution in [0, 0.1) is 0 Å². The monoisotopic (exact) mass is 242 g/mol. The molecule has 0 rings (SSSR count). The second-order valence-electron chi connectivity index (χ2n) is 2.87. The predicted octanol–water partition coefficient (Wildman–Crippen LogP) is 2.44. The minimum absolute atomic E-state index is 0.331. The zero-order valence-electron chi connectivity index (χ0n) is 8.96. The third-order valence-corrected chi connectivity index (χ3v) is 4.45. The maximum atomic E-state index is 13.1. The topological polar surface area (TPSA) is 18.5 Å². The van der Waals surface area contributed by atoms with E-state index in [4.69, 9.17) is 8.85 Å². The van der Waals surface area contributed by atoms with Crippen molar-refractivity contribution in [2.75, 3.05) is 13.2 Å². The lowest BCUT2D eigenvalue weighted by Gasteiger charge is -2.24. The van der Waals surface area contributed by atoms with Crippen LogP contribution in [0.4, 0.5) is 13.2 Å². The van der Waals surface area contributed by atoms with E-state index in [2.05, 4.69) is 6.58 Å². The van der Waals surface area contributed by atoms with E-state index in [-0.39, 0.29) is 0 Å². The average molecular weight is 242 g/mol. The molecule has 0 aromatic carbocycles. The predicted molar refractivity (Wildman–Crippen MR) is 55.2 cm³/mol. The van der Waals surface area contributed by atoms with Crippen molar-refractivity contribution >= 4 is 9.28 Å². The van der Waals surface area contributed by atoms with Crippen LogP contribution >= 0.6 is 0 Å². The van der Waals surface area contributed by atoms with Crippen LogP contribution in [0.1, 0.15) is 13.8 Å². The molecule has 0 aliphatic heterocycles.